The molecule has 0 aromatic heterocycles. The van der Waals surface area contributed by atoms with Crippen LogP contribution < -0.4 is 5.73 Å². The minimum atomic E-state index is 0.302. The predicted molar refractivity (Wildman–Crippen MR) is 191 cm³/mol. The van der Waals surface area contributed by atoms with Crippen molar-refractivity contribution in [1.82, 2.24) is 0 Å². The molecule has 17 rings (SSSR count). The monoisotopic (exact) mass is 645 g/mol. The zero-order chi connectivity index (χ0) is 31.4. The largest absolute Gasteiger partial charge is 0.506 e. The normalized spacial score (nSPS) is 62.0. The average Bonchev–Trinajstić information content (AvgIpc) is 3.00. The Hall–Kier alpha value is -1.18. The van der Waals surface area contributed by atoms with E-state index in [0.29, 0.717) is 33.6 Å². The lowest BCUT2D eigenvalue weighted by molar-refractivity contribution is -0.313. The van der Waals surface area contributed by atoms with Gasteiger partial charge in [-0.2, -0.15) is 0 Å². The van der Waals surface area contributed by atoms with Gasteiger partial charge in [-0.25, -0.2) is 0 Å². The first-order valence-corrected chi connectivity index (χ1v) is 21.9. The molecule has 3 N–H and O–H groups in total. The highest BCUT2D eigenvalue weighted by Crippen LogP contribution is 2.85. The molecule has 1 aromatic rings. The minimum absolute atomic E-state index is 0.302. The van der Waals surface area contributed by atoms with Crippen molar-refractivity contribution in [1.29, 1.82) is 0 Å². The van der Waals surface area contributed by atoms with Gasteiger partial charge in [0.05, 0.1) is 5.69 Å². The van der Waals surface area contributed by atoms with E-state index in [9.17, 15) is 5.11 Å². The smallest absolute Gasteiger partial charge is 0.138 e. The van der Waals surface area contributed by atoms with E-state index in [2.05, 4.69) is 12.1 Å². The number of rotatable bonds is 4. The minimum Gasteiger partial charge on any atom is -0.506 e. The van der Waals surface area contributed by atoms with E-state index in [4.69, 9.17) is 5.73 Å². The number of nitrogens with two attached hydrogens (primary N) is 1. The molecule has 0 saturated heterocycles. The third-order valence-corrected chi connectivity index (χ3v) is 20.8. The molecule has 16 aliphatic carbocycles. The van der Waals surface area contributed by atoms with Crippen LogP contribution in [0.5, 0.6) is 5.75 Å². The van der Waals surface area contributed by atoms with Crippen molar-refractivity contribution in [2.75, 3.05) is 5.73 Å². The van der Waals surface area contributed by atoms with Crippen molar-refractivity contribution in [3.63, 3.8) is 0 Å². The summed E-state index contributed by atoms with van der Waals surface area (Å²) in [6.07, 6.45) is 33.6. The van der Waals surface area contributed by atoms with Gasteiger partial charge in [0.25, 0.3) is 0 Å². The standard InChI is InChI=1S/C46H63NO/c47-38-15-34(1-2-39(38)48)40-35-9-30-7-31(10-35)22-45(40,21-30)46-23-32-8-33(24-46)14-37(13-32)42(46)44-19-28-6-29(20-44)12-36(11-28)41(44)43-16-25-3-26(17-43)5-27(4-25)18-43/h1-2,15,25-33,35-37,40-42,48H,3-14,16-24,47H2. The SMILES string of the molecule is Nc1cc(C2C3CC4CC(C3)CC2(C23CC5CC(CC(C5)C2C25CC6CC(CC(C6)C2C26CC7CC(CC(C7)C2)C6)C5)C3)C4)ccc1O. The van der Waals surface area contributed by atoms with Gasteiger partial charge >= 0.3 is 0 Å². The number of phenolic OH excluding ortho intramolecular Hbond substituents is 1. The molecule has 16 bridgehead atoms. The summed E-state index contributed by atoms with van der Waals surface area (Å²) in [4.78, 5) is 0. The van der Waals surface area contributed by atoms with E-state index < -0.39 is 0 Å². The fraction of sp³-hybridized carbons (Fsp3) is 0.870. The third-order valence-electron chi connectivity index (χ3n) is 20.8. The number of anilines is 1. The zero-order valence-corrected chi connectivity index (χ0v) is 29.8. The maximum atomic E-state index is 10.6. The third kappa shape index (κ3) is 3.37. The Balaban J connectivity index is 1.03. The lowest BCUT2D eigenvalue weighted by Crippen LogP contribution is -2.73. The molecule has 48 heavy (non-hydrogen) atoms. The molecule has 0 heterocycles. The molecule has 16 fully saturated rings. The highest BCUT2D eigenvalue weighted by Gasteiger charge is 2.77. The van der Waals surface area contributed by atoms with Crippen LogP contribution in [0.25, 0.3) is 0 Å². The molecule has 2 heteroatoms. The maximum absolute atomic E-state index is 10.6. The molecule has 0 radical (unpaired) electrons. The molecule has 0 spiro atoms. The number of hydrogen-bond donors (Lipinski definition) is 2. The highest BCUT2D eigenvalue weighted by atomic mass is 16.3. The van der Waals surface area contributed by atoms with Crippen LogP contribution in [0.2, 0.25) is 0 Å². The summed E-state index contributed by atoms with van der Waals surface area (Å²) in [5.74, 6) is 15.4. The molecule has 0 amide bonds. The summed E-state index contributed by atoms with van der Waals surface area (Å²) >= 11 is 0. The Labute approximate surface area is 290 Å². The first-order chi connectivity index (χ1) is 23.3. The molecule has 9 unspecified atom stereocenters. The quantitative estimate of drug-likeness (QED) is 0.253. The van der Waals surface area contributed by atoms with E-state index in [0.717, 1.165) is 88.3 Å². The Morgan fingerprint density at radius 3 is 1.44 bits per heavy atom. The lowest BCUT2D eigenvalue weighted by Gasteiger charge is -2.81. The van der Waals surface area contributed by atoms with E-state index in [-0.39, 0.29) is 0 Å². The van der Waals surface area contributed by atoms with Gasteiger partial charge in [-0.15, -0.1) is 0 Å². The van der Waals surface area contributed by atoms with Gasteiger partial charge in [-0.05, 0) is 263 Å². The van der Waals surface area contributed by atoms with E-state index in [1.807, 2.05) is 6.07 Å². The van der Waals surface area contributed by atoms with Crippen LogP contribution in [-0.2, 0) is 0 Å². The van der Waals surface area contributed by atoms with Crippen molar-refractivity contribution in [2.45, 2.75) is 141 Å². The number of phenols is 1. The van der Waals surface area contributed by atoms with Crippen molar-refractivity contribution in [3.05, 3.63) is 23.8 Å². The Kier molecular flexibility index (Phi) is 5.36. The van der Waals surface area contributed by atoms with Gasteiger partial charge in [0.2, 0.25) is 0 Å². The van der Waals surface area contributed by atoms with Crippen LogP contribution in [-0.4, -0.2) is 5.11 Å². The van der Waals surface area contributed by atoms with E-state index in [1.165, 1.54) is 12.8 Å². The summed E-state index contributed by atoms with van der Waals surface area (Å²) in [7, 11) is 0. The average molecular weight is 646 g/mol. The zero-order valence-electron chi connectivity index (χ0n) is 29.8. The fourth-order valence-electron chi connectivity index (χ4n) is 22.1. The molecule has 16 saturated carbocycles. The van der Waals surface area contributed by atoms with Crippen LogP contribution >= 0.6 is 0 Å². The van der Waals surface area contributed by atoms with Crippen LogP contribution in [0, 0.1) is 105 Å². The number of hydrogen-bond acceptors (Lipinski definition) is 2. The van der Waals surface area contributed by atoms with Crippen molar-refractivity contribution in [3.8, 4) is 5.75 Å². The van der Waals surface area contributed by atoms with Gasteiger partial charge in [0.15, 0.2) is 0 Å². The van der Waals surface area contributed by atoms with Gasteiger partial charge in [-0.1, -0.05) is 6.07 Å². The van der Waals surface area contributed by atoms with Gasteiger partial charge in [0.1, 0.15) is 5.75 Å². The van der Waals surface area contributed by atoms with Crippen molar-refractivity contribution < 1.29 is 5.11 Å². The first-order valence-electron chi connectivity index (χ1n) is 21.9. The number of nitrogen functional groups attached to an aromatic ring is 1. The number of aromatic hydroxyl groups is 1. The lowest BCUT2D eigenvalue weighted by atomic mass is 9.24. The van der Waals surface area contributed by atoms with Gasteiger partial charge in [-0.3, -0.25) is 0 Å². The molecular formula is C46H63NO. The van der Waals surface area contributed by atoms with Crippen LogP contribution in [0.3, 0.4) is 0 Å². The van der Waals surface area contributed by atoms with Crippen LogP contribution in [0.15, 0.2) is 18.2 Å². The fourth-order valence-corrected chi connectivity index (χ4v) is 22.1. The van der Waals surface area contributed by atoms with Crippen LogP contribution in [0.4, 0.5) is 5.69 Å². The predicted octanol–water partition coefficient (Wildman–Crippen LogP) is 11.0. The molecule has 1 aromatic carbocycles. The molecular weight excluding hydrogens is 583 g/mol. The van der Waals surface area contributed by atoms with Crippen LogP contribution in [0.1, 0.15) is 146 Å². The van der Waals surface area contributed by atoms with E-state index in [1.54, 1.807) is 128 Å². The highest BCUT2D eigenvalue weighted by molar-refractivity contribution is 5.54. The second kappa shape index (κ2) is 9.06. The summed E-state index contributed by atoms with van der Waals surface area (Å²) in [5, 5.41) is 10.6. The van der Waals surface area contributed by atoms with Crippen molar-refractivity contribution >= 4 is 5.69 Å². The summed E-state index contributed by atoms with van der Waals surface area (Å²) < 4.78 is 0. The number of benzene rings is 1. The molecule has 9 atom stereocenters. The van der Waals surface area contributed by atoms with E-state index >= 15 is 0 Å². The summed E-state index contributed by atoms with van der Waals surface area (Å²) in [6.45, 7) is 0. The summed E-state index contributed by atoms with van der Waals surface area (Å²) in [6, 6.07) is 6.66. The second-order valence-corrected chi connectivity index (χ2v) is 22.9. The van der Waals surface area contributed by atoms with Gasteiger partial charge in [0, 0.05) is 0 Å². The Morgan fingerprint density at radius 2 is 0.917 bits per heavy atom. The Morgan fingerprint density at radius 1 is 0.479 bits per heavy atom. The first kappa shape index (κ1) is 28.4. The molecule has 258 valence electrons. The molecule has 2 nitrogen and oxygen atoms in total. The summed E-state index contributed by atoms with van der Waals surface area (Å²) in [5.41, 5.74) is 11.2. The van der Waals surface area contributed by atoms with Crippen molar-refractivity contribution in [2.24, 2.45) is 105 Å². The van der Waals surface area contributed by atoms with Gasteiger partial charge < -0.3 is 10.8 Å². The molecule has 0 aliphatic heterocycles. The Bertz CT molecular complexity index is 1480. The topological polar surface area (TPSA) is 46.2 Å². The second-order valence-electron chi connectivity index (χ2n) is 22.9. The maximum Gasteiger partial charge on any atom is 0.138 e. The molecule has 16 aliphatic rings.